The molecule has 1 unspecified atom stereocenters. The maximum Gasteiger partial charge on any atom is 0.0638 e. The van der Waals surface area contributed by atoms with Crippen molar-refractivity contribution in [2.45, 2.75) is 32.4 Å². The number of hydrogen-bond donors (Lipinski definition) is 2. The van der Waals surface area contributed by atoms with E-state index in [1.165, 1.54) is 0 Å². The molecular weight excluding hydrogens is 186 g/mol. The van der Waals surface area contributed by atoms with Gasteiger partial charge in [-0.05, 0) is 18.1 Å². The number of hydrogen-bond acceptors (Lipinski definition) is 3. The number of anilines is 1. The summed E-state index contributed by atoms with van der Waals surface area (Å²) in [6.07, 6.45) is 1.50. The Bertz CT molecular complexity index is 341. The third kappa shape index (κ3) is 3.61. The van der Waals surface area contributed by atoms with Crippen molar-refractivity contribution in [3.05, 3.63) is 29.8 Å². The van der Waals surface area contributed by atoms with Gasteiger partial charge in [-0.3, -0.25) is 0 Å². The fourth-order valence-corrected chi connectivity index (χ4v) is 1.42. The quantitative estimate of drug-likeness (QED) is 0.720. The highest BCUT2D eigenvalue weighted by Gasteiger charge is 2.05. The number of nitrogens with one attached hydrogen (secondary N) is 1. The number of para-hydroxylation sites is 1. The molecule has 15 heavy (non-hydrogen) atoms. The molecule has 3 N–H and O–H groups in total. The van der Waals surface area contributed by atoms with E-state index >= 15 is 0 Å². The van der Waals surface area contributed by atoms with Crippen LogP contribution in [0.1, 0.15) is 25.3 Å². The van der Waals surface area contributed by atoms with Gasteiger partial charge >= 0.3 is 0 Å². The zero-order valence-electron chi connectivity index (χ0n) is 9.03. The monoisotopic (exact) mass is 203 g/mol. The second-order valence-electron chi connectivity index (χ2n) is 3.55. The van der Waals surface area contributed by atoms with Crippen molar-refractivity contribution in [3.8, 4) is 6.07 Å². The Morgan fingerprint density at radius 1 is 1.47 bits per heavy atom. The van der Waals surface area contributed by atoms with Crippen LogP contribution in [0.25, 0.3) is 0 Å². The SMILES string of the molecule is CCC(CC#N)NCc1ccccc1N. The van der Waals surface area contributed by atoms with Crippen molar-refractivity contribution >= 4 is 5.69 Å². The van der Waals surface area contributed by atoms with Gasteiger partial charge in [0.25, 0.3) is 0 Å². The Kier molecular flexibility index (Phi) is 4.65. The molecule has 0 saturated heterocycles. The van der Waals surface area contributed by atoms with Gasteiger partial charge in [0.15, 0.2) is 0 Å². The Labute approximate surface area is 90.9 Å². The average Bonchev–Trinajstić information content (AvgIpc) is 2.26. The second kappa shape index (κ2) is 6.05. The number of nitrogen functional groups attached to an aromatic ring is 1. The Morgan fingerprint density at radius 2 is 2.20 bits per heavy atom. The normalized spacial score (nSPS) is 12.0. The largest absolute Gasteiger partial charge is 0.398 e. The number of benzene rings is 1. The molecule has 1 aromatic carbocycles. The van der Waals surface area contributed by atoms with E-state index in [1.54, 1.807) is 0 Å². The standard InChI is InChI=1S/C12H17N3/c1-2-11(7-8-13)15-9-10-5-3-4-6-12(10)14/h3-6,11,15H,2,7,9,14H2,1H3. The maximum absolute atomic E-state index is 8.60. The summed E-state index contributed by atoms with van der Waals surface area (Å²) in [7, 11) is 0. The molecule has 0 aromatic heterocycles. The van der Waals surface area contributed by atoms with Crippen LogP contribution in [0.2, 0.25) is 0 Å². The number of rotatable bonds is 5. The summed E-state index contributed by atoms with van der Waals surface area (Å²) in [5.41, 5.74) is 7.71. The molecule has 0 bridgehead atoms. The molecule has 0 aliphatic rings. The van der Waals surface area contributed by atoms with Crippen LogP contribution in [-0.4, -0.2) is 6.04 Å². The Morgan fingerprint density at radius 3 is 2.80 bits per heavy atom. The van der Waals surface area contributed by atoms with Gasteiger partial charge in [0.1, 0.15) is 0 Å². The first-order valence-corrected chi connectivity index (χ1v) is 5.21. The molecule has 0 aliphatic heterocycles. The minimum absolute atomic E-state index is 0.259. The first-order valence-electron chi connectivity index (χ1n) is 5.21. The average molecular weight is 203 g/mol. The summed E-state index contributed by atoms with van der Waals surface area (Å²) in [6.45, 7) is 2.80. The topological polar surface area (TPSA) is 61.8 Å². The van der Waals surface area contributed by atoms with Crippen LogP contribution in [0.15, 0.2) is 24.3 Å². The lowest BCUT2D eigenvalue weighted by Crippen LogP contribution is -2.27. The van der Waals surface area contributed by atoms with E-state index < -0.39 is 0 Å². The predicted octanol–water partition coefficient (Wildman–Crippen LogP) is 2.05. The third-order valence-corrected chi connectivity index (χ3v) is 2.47. The fraction of sp³-hybridized carbons (Fsp3) is 0.417. The summed E-state index contributed by atoms with van der Waals surface area (Å²) in [5, 5.41) is 11.9. The molecular formula is C12H17N3. The molecule has 0 spiro atoms. The van der Waals surface area contributed by atoms with E-state index in [0.29, 0.717) is 6.42 Å². The van der Waals surface area contributed by atoms with Gasteiger partial charge in [-0.25, -0.2) is 0 Å². The molecule has 0 heterocycles. The zero-order valence-corrected chi connectivity index (χ0v) is 9.03. The predicted molar refractivity (Wildman–Crippen MR) is 62.0 cm³/mol. The van der Waals surface area contributed by atoms with Gasteiger partial charge < -0.3 is 11.1 Å². The van der Waals surface area contributed by atoms with Gasteiger partial charge in [-0.2, -0.15) is 5.26 Å². The van der Waals surface area contributed by atoms with E-state index in [9.17, 15) is 0 Å². The van der Waals surface area contributed by atoms with E-state index in [2.05, 4.69) is 18.3 Å². The summed E-state index contributed by atoms with van der Waals surface area (Å²) >= 11 is 0. The molecule has 0 radical (unpaired) electrons. The van der Waals surface area contributed by atoms with E-state index in [0.717, 1.165) is 24.2 Å². The van der Waals surface area contributed by atoms with Crippen LogP contribution >= 0.6 is 0 Å². The van der Waals surface area contributed by atoms with Crippen LogP contribution in [-0.2, 0) is 6.54 Å². The summed E-state index contributed by atoms with van der Waals surface area (Å²) in [4.78, 5) is 0. The van der Waals surface area contributed by atoms with E-state index in [-0.39, 0.29) is 6.04 Å². The zero-order chi connectivity index (χ0) is 11.1. The maximum atomic E-state index is 8.60. The minimum Gasteiger partial charge on any atom is -0.398 e. The van der Waals surface area contributed by atoms with Gasteiger partial charge in [0.2, 0.25) is 0 Å². The van der Waals surface area contributed by atoms with Crippen LogP contribution < -0.4 is 11.1 Å². The first kappa shape index (κ1) is 11.5. The fourth-order valence-electron chi connectivity index (χ4n) is 1.42. The molecule has 0 amide bonds. The summed E-state index contributed by atoms with van der Waals surface area (Å²) in [5.74, 6) is 0. The molecule has 80 valence electrons. The van der Waals surface area contributed by atoms with E-state index in [4.69, 9.17) is 11.0 Å². The van der Waals surface area contributed by atoms with E-state index in [1.807, 2.05) is 24.3 Å². The number of nitriles is 1. The smallest absolute Gasteiger partial charge is 0.0638 e. The van der Waals surface area contributed by atoms with Crippen molar-refractivity contribution in [3.63, 3.8) is 0 Å². The minimum atomic E-state index is 0.259. The summed E-state index contributed by atoms with van der Waals surface area (Å²) < 4.78 is 0. The van der Waals surface area contributed by atoms with Crippen LogP contribution in [0.4, 0.5) is 5.69 Å². The first-order chi connectivity index (χ1) is 7.27. The highest BCUT2D eigenvalue weighted by molar-refractivity contribution is 5.46. The van der Waals surface area contributed by atoms with Gasteiger partial charge in [0, 0.05) is 18.3 Å². The molecule has 1 rings (SSSR count). The Balaban J connectivity index is 2.49. The summed E-state index contributed by atoms with van der Waals surface area (Å²) in [6, 6.07) is 10.2. The molecule has 0 aliphatic carbocycles. The molecule has 1 aromatic rings. The van der Waals surface area contributed by atoms with Crippen LogP contribution in [0, 0.1) is 11.3 Å². The molecule has 3 nitrogen and oxygen atoms in total. The van der Waals surface area contributed by atoms with Crippen molar-refractivity contribution in [1.29, 1.82) is 5.26 Å². The molecule has 3 heteroatoms. The lowest BCUT2D eigenvalue weighted by Gasteiger charge is -2.14. The third-order valence-electron chi connectivity index (χ3n) is 2.47. The molecule has 0 saturated carbocycles. The molecule has 1 atom stereocenters. The number of nitrogens with two attached hydrogens (primary N) is 1. The number of nitrogens with zero attached hydrogens (tertiary/aromatic N) is 1. The van der Waals surface area contributed by atoms with Gasteiger partial charge in [-0.15, -0.1) is 0 Å². The van der Waals surface area contributed by atoms with Crippen LogP contribution in [0.3, 0.4) is 0 Å². The lowest BCUT2D eigenvalue weighted by molar-refractivity contribution is 0.505. The van der Waals surface area contributed by atoms with Crippen molar-refractivity contribution < 1.29 is 0 Å². The van der Waals surface area contributed by atoms with Gasteiger partial charge in [0.05, 0.1) is 12.5 Å². The Hall–Kier alpha value is -1.53. The molecule has 0 fully saturated rings. The van der Waals surface area contributed by atoms with Crippen molar-refractivity contribution in [2.24, 2.45) is 0 Å². The van der Waals surface area contributed by atoms with Crippen molar-refractivity contribution in [1.82, 2.24) is 5.32 Å². The highest BCUT2D eigenvalue weighted by atomic mass is 14.9. The van der Waals surface area contributed by atoms with Crippen LogP contribution in [0.5, 0.6) is 0 Å². The van der Waals surface area contributed by atoms with Crippen molar-refractivity contribution in [2.75, 3.05) is 5.73 Å². The second-order valence-corrected chi connectivity index (χ2v) is 3.55. The lowest BCUT2D eigenvalue weighted by atomic mass is 10.1. The van der Waals surface area contributed by atoms with Gasteiger partial charge in [-0.1, -0.05) is 25.1 Å². The highest BCUT2D eigenvalue weighted by Crippen LogP contribution is 2.10.